The molecule has 136 valence electrons. The van der Waals surface area contributed by atoms with Crippen molar-refractivity contribution < 1.29 is 18.7 Å². The Morgan fingerprint density at radius 3 is 2.12 bits per heavy atom. The first-order valence-electron chi connectivity index (χ1n) is 8.77. The minimum Gasteiger partial charge on any atom is -0.494 e. The Bertz CT molecular complexity index is 638. The summed E-state index contributed by atoms with van der Waals surface area (Å²) in [6.07, 6.45) is 3.31. The van der Waals surface area contributed by atoms with Crippen LogP contribution < -0.4 is 4.74 Å². The lowest BCUT2D eigenvalue weighted by atomic mass is 10.1. The third-order valence-electron chi connectivity index (χ3n) is 4.86. The van der Waals surface area contributed by atoms with E-state index in [-0.39, 0.29) is 17.7 Å². The second kappa shape index (κ2) is 7.72. The van der Waals surface area contributed by atoms with Crippen molar-refractivity contribution in [2.75, 3.05) is 46.4 Å². The molecule has 2 aliphatic rings. The molecule has 0 aliphatic carbocycles. The highest BCUT2D eigenvalue weighted by Crippen LogP contribution is 2.19. The summed E-state index contributed by atoms with van der Waals surface area (Å²) < 4.78 is 18.7. The molecule has 2 heterocycles. The standard InChI is InChI=1S/C18H24FN3O3/c1-25-16-6-5-14(13-15(16)19)17(23)20-9-11-22(12-10-20)18(24)21-7-3-2-4-8-21/h5-6,13H,2-4,7-12H2,1H3. The topological polar surface area (TPSA) is 53.1 Å². The molecule has 0 saturated carbocycles. The number of carbonyl (C=O) groups excluding carboxylic acids is 2. The average Bonchev–Trinajstić information content (AvgIpc) is 2.67. The smallest absolute Gasteiger partial charge is 0.320 e. The van der Waals surface area contributed by atoms with E-state index in [0.29, 0.717) is 31.7 Å². The van der Waals surface area contributed by atoms with E-state index in [1.165, 1.54) is 25.7 Å². The number of likely N-dealkylation sites (tertiary alicyclic amines) is 1. The van der Waals surface area contributed by atoms with Crippen molar-refractivity contribution in [3.63, 3.8) is 0 Å². The number of hydrogen-bond donors (Lipinski definition) is 0. The normalized spacial score (nSPS) is 18.2. The highest BCUT2D eigenvalue weighted by molar-refractivity contribution is 5.94. The number of nitrogens with zero attached hydrogens (tertiary/aromatic N) is 3. The van der Waals surface area contributed by atoms with Gasteiger partial charge in [-0.1, -0.05) is 0 Å². The van der Waals surface area contributed by atoms with Crippen LogP contribution in [0.2, 0.25) is 0 Å². The molecule has 2 fully saturated rings. The van der Waals surface area contributed by atoms with Gasteiger partial charge in [0.15, 0.2) is 11.6 Å². The van der Waals surface area contributed by atoms with Crippen LogP contribution in [0.25, 0.3) is 0 Å². The molecule has 0 radical (unpaired) electrons. The van der Waals surface area contributed by atoms with Crippen molar-refractivity contribution >= 4 is 11.9 Å². The van der Waals surface area contributed by atoms with Gasteiger partial charge in [0.2, 0.25) is 0 Å². The van der Waals surface area contributed by atoms with Crippen molar-refractivity contribution in [1.29, 1.82) is 0 Å². The van der Waals surface area contributed by atoms with Gasteiger partial charge in [0.1, 0.15) is 0 Å². The number of rotatable bonds is 2. The van der Waals surface area contributed by atoms with Crippen molar-refractivity contribution in [1.82, 2.24) is 14.7 Å². The van der Waals surface area contributed by atoms with Gasteiger partial charge in [0.05, 0.1) is 7.11 Å². The molecule has 0 N–H and O–H groups in total. The number of methoxy groups -OCH3 is 1. The maximum absolute atomic E-state index is 13.8. The molecule has 3 amide bonds. The van der Waals surface area contributed by atoms with E-state index in [1.807, 2.05) is 9.80 Å². The maximum Gasteiger partial charge on any atom is 0.320 e. The first kappa shape index (κ1) is 17.5. The molecule has 2 saturated heterocycles. The molecule has 0 spiro atoms. The van der Waals surface area contributed by atoms with Gasteiger partial charge in [0, 0.05) is 44.8 Å². The molecule has 25 heavy (non-hydrogen) atoms. The lowest BCUT2D eigenvalue weighted by Gasteiger charge is -2.38. The summed E-state index contributed by atoms with van der Waals surface area (Å²) >= 11 is 0. The van der Waals surface area contributed by atoms with Crippen LogP contribution in [0.4, 0.5) is 9.18 Å². The van der Waals surface area contributed by atoms with Gasteiger partial charge >= 0.3 is 6.03 Å². The fraction of sp³-hybridized carbons (Fsp3) is 0.556. The molecule has 2 aliphatic heterocycles. The second-order valence-corrected chi connectivity index (χ2v) is 6.46. The number of piperazine rings is 1. The fourth-order valence-corrected chi connectivity index (χ4v) is 3.37. The summed E-state index contributed by atoms with van der Waals surface area (Å²) in [7, 11) is 1.39. The van der Waals surface area contributed by atoms with Crippen LogP contribution >= 0.6 is 0 Å². The molecule has 7 heteroatoms. The Morgan fingerprint density at radius 2 is 1.52 bits per heavy atom. The molecule has 1 aromatic carbocycles. The number of urea groups is 1. The van der Waals surface area contributed by atoms with Gasteiger partial charge in [-0.15, -0.1) is 0 Å². The molecule has 3 rings (SSSR count). The number of carbonyl (C=O) groups is 2. The third-order valence-corrected chi connectivity index (χ3v) is 4.86. The molecule has 1 aromatic rings. The summed E-state index contributed by atoms with van der Waals surface area (Å²) in [6, 6.07) is 4.29. The van der Waals surface area contributed by atoms with E-state index in [1.54, 1.807) is 11.0 Å². The molecule has 0 aromatic heterocycles. The predicted molar refractivity (Wildman–Crippen MR) is 91.2 cm³/mol. The summed E-state index contributed by atoms with van der Waals surface area (Å²) in [6.45, 7) is 3.60. The van der Waals surface area contributed by atoms with E-state index in [4.69, 9.17) is 4.74 Å². The summed E-state index contributed by atoms with van der Waals surface area (Å²) in [5, 5.41) is 0. The number of piperidine rings is 1. The Balaban J connectivity index is 1.57. The van der Waals surface area contributed by atoms with E-state index in [0.717, 1.165) is 25.9 Å². The maximum atomic E-state index is 13.8. The fourth-order valence-electron chi connectivity index (χ4n) is 3.37. The van der Waals surface area contributed by atoms with Crippen LogP contribution in [-0.2, 0) is 0 Å². The van der Waals surface area contributed by atoms with Gasteiger partial charge in [-0.05, 0) is 37.5 Å². The summed E-state index contributed by atoms with van der Waals surface area (Å²) in [4.78, 5) is 30.4. The van der Waals surface area contributed by atoms with Crippen molar-refractivity contribution in [2.45, 2.75) is 19.3 Å². The average molecular weight is 349 g/mol. The largest absolute Gasteiger partial charge is 0.494 e. The highest BCUT2D eigenvalue weighted by Gasteiger charge is 2.28. The number of amides is 3. The molecule has 0 atom stereocenters. The first-order chi connectivity index (χ1) is 12.1. The van der Waals surface area contributed by atoms with Gasteiger partial charge in [-0.25, -0.2) is 9.18 Å². The molecular formula is C18H24FN3O3. The number of halogens is 1. The monoisotopic (exact) mass is 349 g/mol. The minimum atomic E-state index is -0.549. The van der Waals surface area contributed by atoms with Crippen LogP contribution in [0.3, 0.4) is 0 Å². The zero-order chi connectivity index (χ0) is 17.8. The lowest BCUT2D eigenvalue weighted by molar-refractivity contribution is 0.0632. The van der Waals surface area contributed by atoms with E-state index in [2.05, 4.69) is 0 Å². The van der Waals surface area contributed by atoms with Gasteiger partial charge in [-0.2, -0.15) is 0 Å². The minimum absolute atomic E-state index is 0.0716. The number of benzene rings is 1. The van der Waals surface area contributed by atoms with E-state index >= 15 is 0 Å². The summed E-state index contributed by atoms with van der Waals surface area (Å²) in [5.74, 6) is -0.646. The van der Waals surface area contributed by atoms with E-state index < -0.39 is 5.82 Å². The molecule has 0 bridgehead atoms. The van der Waals surface area contributed by atoms with Crippen LogP contribution in [0.1, 0.15) is 29.6 Å². The van der Waals surface area contributed by atoms with Crippen LogP contribution in [-0.4, -0.2) is 73.0 Å². The van der Waals surface area contributed by atoms with Crippen molar-refractivity contribution in [3.05, 3.63) is 29.6 Å². The molecular weight excluding hydrogens is 325 g/mol. The van der Waals surface area contributed by atoms with Gasteiger partial charge < -0.3 is 19.4 Å². The van der Waals surface area contributed by atoms with Crippen LogP contribution in [0.5, 0.6) is 5.75 Å². The number of ether oxygens (including phenoxy) is 1. The van der Waals surface area contributed by atoms with Crippen molar-refractivity contribution in [3.8, 4) is 5.75 Å². The summed E-state index contributed by atoms with van der Waals surface area (Å²) in [5.41, 5.74) is 0.300. The van der Waals surface area contributed by atoms with Crippen LogP contribution in [0, 0.1) is 5.82 Å². The Kier molecular flexibility index (Phi) is 5.40. The predicted octanol–water partition coefficient (Wildman–Crippen LogP) is 2.20. The quantitative estimate of drug-likeness (QED) is 0.822. The zero-order valence-electron chi connectivity index (χ0n) is 14.5. The molecule has 0 unspecified atom stereocenters. The SMILES string of the molecule is COc1ccc(C(=O)N2CCN(C(=O)N3CCCCC3)CC2)cc1F. The third kappa shape index (κ3) is 3.86. The van der Waals surface area contributed by atoms with Crippen molar-refractivity contribution in [2.24, 2.45) is 0 Å². The van der Waals surface area contributed by atoms with Crippen LogP contribution in [0.15, 0.2) is 18.2 Å². The Morgan fingerprint density at radius 1 is 0.920 bits per heavy atom. The Labute approximate surface area is 147 Å². The zero-order valence-corrected chi connectivity index (χ0v) is 14.5. The first-order valence-corrected chi connectivity index (χ1v) is 8.77. The highest BCUT2D eigenvalue weighted by atomic mass is 19.1. The second-order valence-electron chi connectivity index (χ2n) is 6.46. The number of hydrogen-bond acceptors (Lipinski definition) is 3. The molecule has 6 nitrogen and oxygen atoms in total. The Hall–Kier alpha value is -2.31. The van der Waals surface area contributed by atoms with E-state index in [9.17, 15) is 14.0 Å². The lowest BCUT2D eigenvalue weighted by Crippen LogP contribution is -2.54. The van der Waals surface area contributed by atoms with Gasteiger partial charge in [0.25, 0.3) is 5.91 Å². The van der Waals surface area contributed by atoms with Gasteiger partial charge in [-0.3, -0.25) is 4.79 Å².